The molecule has 1 aromatic heterocycles. The zero-order valence-corrected chi connectivity index (χ0v) is 14.8. The van der Waals surface area contributed by atoms with Gasteiger partial charge >= 0.3 is 0 Å². The van der Waals surface area contributed by atoms with Crippen LogP contribution in [-0.4, -0.2) is 16.7 Å². The molecule has 3 rings (SSSR count). The first-order valence-electron chi connectivity index (χ1n) is 7.90. The fourth-order valence-corrected chi connectivity index (χ4v) is 3.15. The third kappa shape index (κ3) is 3.90. The second kappa shape index (κ2) is 7.81. The predicted octanol–water partition coefficient (Wildman–Crippen LogP) is 5.12. The van der Waals surface area contributed by atoms with Gasteiger partial charge in [0.25, 0.3) is 0 Å². The van der Waals surface area contributed by atoms with Crippen LogP contribution in [0.3, 0.4) is 0 Å². The Bertz CT molecular complexity index is 988. The molecule has 0 spiro atoms. The van der Waals surface area contributed by atoms with E-state index in [4.69, 9.17) is 4.74 Å². The van der Waals surface area contributed by atoms with Crippen LogP contribution in [-0.2, 0) is 0 Å². The first-order valence-corrected chi connectivity index (χ1v) is 8.78. The summed E-state index contributed by atoms with van der Waals surface area (Å²) in [5.41, 5.74) is 2.60. The summed E-state index contributed by atoms with van der Waals surface area (Å²) in [5, 5.41) is 21.7. The molecule has 26 heavy (non-hydrogen) atoms. The Labute approximate surface area is 154 Å². The van der Waals surface area contributed by atoms with Gasteiger partial charge in [0.1, 0.15) is 16.9 Å². The van der Waals surface area contributed by atoms with E-state index in [9.17, 15) is 14.8 Å². The van der Waals surface area contributed by atoms with Crippen LogP contribution in [0.2, 0.25) is 0 Å². The molecule has 0 amide bonds. The highest BCUT2D eigenvalue weighted by Crippen LogP contribution is 2.30. The van der Waals surface area contributed by atoms with E-state index >= 15 is 0 Å². The molecule has 0 radical (unpaired) electrons. The zero-order chi connectivity index (χ0) is 18.5. The number of nitrogens with zero attached hydrogens (tertiary/aromatic N) is 2. The number of hydrogen-bond donors (Lipinski definition) is 1. The molecule has 1 heterocycles. The normalized spacial score (nSPS) is 11.2. The number of phenolic OH excluding ortho intramolecular Hbond substituents is 1. The Morgan fingerprint density at radius 1 is 1.31 bits per heavy atom. The Hall–Kier alpha value is -3.17. The summed E-state index contributed by atoms with van der Waals surface area (Å²) < 4.78 is 18.4. The highest BCUT2D eigenvalue weighted by Gasteiger charge is 2.10. The van der Waals surface area contributed by atoms with Gasteiger partial charge in [0.2, 0.25) is 0 Å². The summed E-state index contributed by atoms with van der Waals surface area (Å²) >= 11 is 1.34. The van der Waals surface area contributed by atoms with Crippen LogP contribution in [0.5, 0.6) is 11.5 Å². The molecule has 0 unspecified atom stereocenters. The minimum Gasteiger partial charge on any atom is -0.504 e. The lowest BCUT2D eigenvalue weighted by Crippen LogP contribution is -1.92. The van der Waals surface area contributed by atoms with E-state index in [1.807, 2.05) is 12.3 Å². The van der Waals surface area contributed by atoms with E-state index in [2.05, 4.69) is 11.1 Å². The van der Waals surface area contributed by atoms with Crippen molar-refractivity contribution in [3.63, 3.8) is 0 Å². The van der Waals surface area contributed by atoms with Gasteiger partial charge in [-0.3, -0.25) is 0 Å². The molecule has 3 aromatic rings. The molecule has 0 aliphatic rings. The van der Waals surface area contributed by atoms with E-state index in [1.165, 1.54) is 29.5 Å². The van der Waals surface area contributed by atoms with Crippen LogP contribution in [0.4, 0.5) is 4.39 Å². The van der Waals surface area contributed by atoms with Crippen molar-refractivity contribution in [3.8, 4) is 28.8 Å². The molecule has 4 nitrogen and oxygen atoms in total. The van der Waals surface area contributed by atoms with Crippen LogP contribution < -0.4 is 4.74 Å². The van der Waals surface area contributed by atoms with Gasteiger partial charge < -0.3 is 9.84 Å². The fraction of sp³-hybridized carbons (Fsp3) is 0.100. The molecule has 0 aliphatic carbocycles. The van der Waals surface area contributed by atoms with Gasteiger partial charge in [-0.2, -0.15) is 5.26 Å². The maximum absolute atomic E-state index is 13.1. The van der Waals surface area contributed by atoms with Gasteiger partial charge in [0.05, 0.1) is 17.9 Å². The lowest BCUT2D eigenvalue weighted by Gasteiger charge is -2.06. The molecule has 0 fully saturated rings. The number of allylic oxidation sites excluding steroid dienone is 1. The van der Waals surface area contributed by atoms with E-state index in [-0.39, 0.29) is 11.6 Å². The summed E-state index contributed by atoms with van der Waals surface area (Å²) in [6, 6.07) is 13.1. The van der Waals surface area contributed by atoms with Gasteiger partial charge in [0.15, 0.2) is 11.5 Å². The van der Waals surface area contributed by atoms with Crippen molar-refractivity contribution in [3.05, 3.63) is 64.2 Å². The number of rotatable bonds is 5. The topological polar surface area (TPSA) is 66.1 Å². The number of benzene rings is 2. The van der Waals surface area contributed by atoms with Crippen LogP contribution in [0, 0.1) is 17.1 Å². The number of halogens is 1. The van der Waals surface area contributed by atoms with Crippen molar-refractivity contribution >= 4 is 23.0 Å². The van der Waals surface area contributed by atoms with Gasteiger partial charge in [-0.25, -0.2) is 9.37 Å². The number of ether oxygens (including phenoxy) is 1. The average molecular weight is 366 g/mol. The third-order valence-electron chi connectivity index (χ3n) is 3.59. The molecule has 0 saturated carbocycles. The Morgan fingerprint density at radius 3 is 2.77 bits per heavy atom. The predicted molar refractivity (Wildman–Crippen MR) is 100 cm³/mol. The molecular formula is C20H15FN2O2S. The summed E-state index contributed by atoms with van der Waals surface area (Å²) in [6.45, 7) is 2.26. The van der Waals surface area contributed by atoms with Gasteiger partial charge in [-0.1, -0.05) is 6.07 Å². The maximum Gasteiger partial charge on any atom is 0.161 e. The van der Waals surface area contributed by atoms with Crippen LogP contribution in [0.15, 0.2) is 47.8 Å². The largest absolute Gasteiger partial charge is 0.504 e. The molecular weight excluding hydrogens is 351 g/mol. The molecule has 0 aliphatic heterocycles. The van der Waals surface area contributed by atoms with E-state index < -0.39 is 0 Å². The summed E-state index contributed by atoms with van der Waals surface area (Å²) in [5.74, 6) is 0.110. The standard InChI is InChI=1S/C20H15FN2O2S/c1-2-25-19-10-13(3-8-18(19)24)9-15(11-22)20-23-17(12-26-20)14-4-6-16(21)7-5-14/h3-10,12,24H,2H2,1H3. The van der Waals surface area contributed by atoms with Crippen molar-refractivity contribution in [1.29, 1.82) is 5.26 Å². The monoisotopic (exact) mass is 366 g/mol. The number of hydrogen-bond acceptors (Lipinski definition) is 5. The average Bonchev–Trinajstić information content (AvgIpc) is 3.13. The lowest BCUT2D eigenvalue weighted by molar-refractivity contribution is 0.318. The van der Waals surface area contributed by atoms with Crippen LogP contribution >= 0.6 is 11.3 Å². The van der Waals surface area contributed by atoms with Crippen molar-refractivity contribution < 1.29 is 14.2 Å². The van der Waals surface area contributed by atoms with E-state index in [0.717, 1.165) is 11.1 Å². The van der Waals surface area contributed by atoms with Crippen molar-refractivity contribution in [2.45, 2.75) is 6.92 Å². The van der Waals surface area contributed by atoms with Gasteiger partial charge in [-0.05, 0) is 55.0 Å². The molecule has 130 valence electrons. The second-order valence-corrected chi connectivity index (χ2v) is 6.23. The number of phenols is 1. The smallest absolute Gasteiger partial charge is 0.161 e. The van der Waals surface area contributed by atoms with Crippen LogP contribution in [0.1, 0.15) is 17.5 Å². The molecule has 0 atom stereocenters. The first-order chi connectivity index (χ1) is 12.6. The Morgan fingerprint density at radius 2 is 2.08 bits per heavy atom. The third-order valence-corrected chi connectivity index (χ3v) is 4.47. The Balaban J connectivity index is 1.92. The van der Waals surface area contributed by atoms with Crippen molar-refractivity contribution in [1.82, 2.24) is 4.98 Å². The summed E-state index contributed by atoms with van der Waals surface area (Å²) in [4.78, 5) is 4.48. The summed E-state index contributed by atoms with van der Waals surface area (Å²) in [7, 11) is 0. The zero-order valence-electron chi connectivity index (χ0n) is 13.9. The van der Waals surface area contributed by atoms with Crippen molar-refractivity contribution in [2.75, 3.05) is 6.61 Å². The number of aromatic hydroxyl groups is 1. The number of nitriles is 1. The number of thiazole rings is 1. The van der Waals surface area contributed by atoms with E-state index in [1.54, 1.807) is 30.3 Å². The second-order valence-electron chi connectivity index (χ2n) is 5.37. The van der Waals surface area contributed by atoms with Crippen molar-refractivity contribution in [2.24, 2.45) is 0 Å². The maximum atomic E-state index is 13.1. The summed E-state index contributed by atoms with van der Waals surface area (Å²) in [6.07, 6.45) is 1.69. The molecule has 0 bridgehead atoms. The van der Waals surface area contributed by atoms with Gasteiger partial charge in [0, 0.05) is 10.9 Å². The fourth-order valence-electron chi connectivity index (χ4n) is 2.35. The van der Waals surface area contributed by atoms with Gasteiger partial charge in [-0.15, -0.1) is 11.3 Å². The SMILES string of the molecule is CCOc1cc(C=C(C#N)c2nc(-c3ccc(F)cc3)cs2)ccc1O. The minimum atomic E-state index is -0.306. The quantitative estimate of drug-likeness (QED) is 0.637. The van der Waals surface area contributed by atoms with E-state index in [0.29, 0.717) is 28.6 Å². The molecule has 2 aromatic carbocycles. The highest BCUT2D eigenvalue weighted by atomic mass is 32.1. The Kier molecular flexibility index (Phi) is 5.30. The highest BCUT2D eigenvalue weighted by molar-refractivity contribution is 7.11. The molecule has 6 heteroatoms. The first kappa shape index (κ1) is 17.6. The molecule has 1 N–H and O–H groups in total. The lowest BCUT2D eigenvalue weighted by atomic mass is 10.1. The number of aromatic nitrogens is 1. The molecule has 0 saturated heterocycles. The van der Waals surface area contributed by atoms with Crippen LogP contribution in [0.25, 0.3) is 22.9 Å². The minimum absolute atomic E-state index is 0.0513.